The van der Waals surface area contributed by atoms with Crippen LogP contribution in [0.2, 0.25) is 0 Å². The van der Waals surface area contributed by atoms with Gasteiger partial charge in [-0.05, 0) is 18.2 Å². The van der Waals surface area contributed by atoms with Gasteiger partial charge in [-0.1, -0.05) is 13.8 Å². The van der Waals surface area contributed by atoms with Gasteiger partial charge in [-0.25, -0.2) is 0 Å². The van der Waals surface area contributed by atoms with Gasteiger partial charge in [-0.2, -0.15) is 26.3 Å². The molecule has 8 heteroatoms. The van der Waals surface area contributed by atoms with Gasteiger partial charge < -0.3 is 4.74 Å². The Morgan fingerprint density at radius 3 is 1.89 bits per heavy atom. The zero-order valence-corrected chi connectivity index (χ0v) is 9.86. The molecule has 0 heterocycles. The SMILES string of the molecule is CC.N#COc1cc(C(F)(F)F)ccc1C(F)(F)F. The molecule has 0 radical (unpaired) electrons. The van der Waals surface area contributed by atoms with E-state index in [2.05, 4.69) is 4.74 Å². The van der Waals surface area contributed by atoms with Gasteiger partial charge >= 0.3 is 12.4 Å². The van der Waals surface area contributed by atoms with Crippen LogP contribution in [0.3, 0.4) is 0 Å². The number of benzene rings is 1. The predicted molar refractivity (Wildman–Crippen MR) is 54.0 cm³/mol. The smallest absolute Gasteiger partial charge is 0.387 e. The lowest BCUT2D eigenvalue weighted by atomic mass is 10.1. The van der Waals surface area contributed by atoms with Gasteiger partial charge in [0, 0.05) is 0 Å². The fourth-order valence-electron chi connectivity index (χ4n) is 1.07. The van der Waals surface area contributed by atoms with Crippen LogP contribution in [0.4, 0.5) is 26.3 Å². The van der Waals surface area contributed by atoms with E-state index >= 15 is 0 Å². The topological polar surface area (TPSA) is 33.0 Å². The second-order valence-corrected chi connectivity index (χ2v) is 2.90. The summed E-state index contributed by atoms with van der Waals surface area (Å²) in [5.41, 5.74) is -2.76. The molecule has 0 fully saturated rings. The summed E-state index contributed by atoms with van der Waals surface area (Å²) in [5.74, 6) is -1.17. The molecular weight excluding hydrogens is 276 g/mol. The lowest BCUT2D eigenvalue weighted by Crippen LogP contribution is -2.10. The highest BCUT2D eigenvalue weighted by molar-refractivity contribution is 5.41. The first kappa shape index (κ1) is 17.1. The Labute approximate surface area is 105 Å². The van der Waals surface area contributed by atoms with E-state index in [4.69, 9.17) is 5.26 Å². The molecule has 0 unspecified atom stereocenters. The average Bonchev–Trinajstić information content (AvgIpc) is 2.29. The second kappa shape index (κ2) is 6.31. The number of hydrogen-bond donors (Lipinski definition) is 0. The van der Waals surface area contributed by atoms with E-state index in [0.29, 0.717) is 0 Å². The molecule has 0 saturated carbocycles. The summed E-state index contributed by atoms with van der Waals surface area (Å²) in [5, 5.41) is 8.08. The Kier molecular flexibility index (Phi) is 5.68. The third-order valence-corrected chi connectivity index (χ3v) is 1.77. The summed E-state index contributed by atoms with van der Waals surface area (Å²) in [7, 11) is 0. The van der Waals surface area contributed by atoms with E-state index in [9.17, 15) is 26.3 Å². The third kappa shape index (κ3) is 4.69. The lowest BCUT2D eigenvalue weighted by Gasteiger charge is -2.13. The first-order valence-corrected chi connectivity index (χ1v) is 5.00. The minimum Gasteiger partial charge on any atom is -0.387 e. The Bertz CT molecular complexity index is 458. The number of alkyl halides is 6. The van der Waals surface area contributed by atoms with Crippen molar-refractivity contribution in [1.29, 1.82) is 5.26 Å². The normalized spacial score (nSPS) is 11.1. The standard InChI is InChI=1S/C9H3F6NO.C2H6/c10-8(11,12)5-1-2-6(9(13,14)15)7(3-5)17-4-16;1-2/h1-3H;1-2H3. The van der Waals surface area contributed by atoms with Gasteiger partial charge in [0.15, 0.2) is 5.75 Å². The molecule has 106 valence electrons. The number of hydrogen-bond acceptors (Lipinski definition) is 2. The van der Waals surface area contributed by atoms with Gasteiger partial charge in [0.2, 0.25) is 0 Å². The first-order chi connectivity index (χ1) is 8.66. The monoisotopic (exact) mass is 285 g/mol. The molecule has 0 aliphatic carbocycles. The van der Waals surface area contributed by atoms with Gasteiger partial charge in [-0.15, -0.1) is 5.26 Å². The molecule has 0 aliphatic heterocycles. The van der Waals surface area contributed by atoms with Crippen molar-refractivity contribution in [2.45, 2.75) is 26.2 Å². The molecule has 0 atom stereocenters. The summed E-state index contributed by atoms with van der Waals surface area (Å²) in [6.45, 7) is 4.00. The van der Waals surface area contributed by atoms with Crippen molar-refractivity contribution in [3.8, 4) is 12.0 Å². The van der Waals surface area contributed by atoms with Crippen molar-refractivity contribution < 1.29 is 31.1 Å². The highest BCUT2D eigenvalue weighted by atomic mass is 19.4. The van der Waals surface area contributed by atoms with Crippen LogP contribution in [0, 0.1) is 11.5 Å². The Balaban J connectivity index is 0.00000154. The molecule has 0 spiro atoms. The number of nitrogens with zero attached hydrogens (tertiary/aromatic N) is 1. The summed E-state index contributed by atoms with van der Waals surface area (Å²) >= 11 is 0. The van der Waals surface area contributed by atoms with Crippen molar-refractivity contribution in [3.05, 3.63) is 29.3 Å². The van der Waals surface area contributed by atoms with Gasteiger partial charge in [-0.3, -0.25) is 0 Å². The van der Waals surface area contributed by atoms with Crippen molar-refractivity contribution in [2.75, 3.05) is 0 Å². The zero-order chi connectivity index (χ0) is 15.3. The van der Waals surface area contributed by atoms with E-state index in [1.54, 1.807) is 0 Å². The number of ether oxygens (including phenoxy) is 1. The maximum Gasteiger partial charge on any atom is 0.420 e. The molecule has 1 aromatic carbocycles. The molecule has 1 rings (SSSR count). The summed E-state index contributed by atoms with van der Waals surface area (Å²) in [6.07, 6.45) is -8.79. The molecule has 0 bridgehead atoms. The molecule has 19 heavy (non-hydrogen) atoms. The molecule has 2 nitrogen and oxygen atoms in total. The highest BCUT2D eigenvalue weighted by Gasteiger charge is 2.38. The molecule has 0 aromatic heterocycles. The van der Waals surface area contributed by atoms with Crippen LogP contribution >= 0.6 is 0 Å². The van der Waals surface area contributed by atoms with Crippen LogP contribution in [-0.4, -0.2) is 0 Å². The molecule has 0 aliphatic rings. The Morgan fingerprint density at radius 2 is 1.53 bits per heavy atom. The maximum absolute atomic E-state index is 12.3. The van der Waals surface area contributed by atoms with E-state index in [1.165, 1.54) is 0 Å². The van der Waals surface area contributed by atoms with E-state index in [0.717, 1.165) is 6.26 Å². The molecular formula is C11H9F6NO. The van der Waals surface area contributed by atoms with Crippen molar-refractivity contribution in [2.24, 2.45) is 0 Å². The van der Waals surface area contributed by atoms with Crippen LogP contribution in [0.25, 0.3) is 0 Å². The Hall–Kier alpha value is -1.91. The van der Waals surface area contributed by atoms with Gasteiger partial charge in [0.05, 0.1) is 11.1 Å². The lowest BCUT2D eigenvalue weighted by molar-refractivity contribution is -0.142. The quantitative estimate of drug-likeness (QED) is 0.557. The molecule has 0 saturated heterocycles. The second-order valence-electron chi connectivity index (χ2n) is 2.90. The van der Waals surface area contributed by atoms with Crippen LogP contribution in [-0.2, 0) is 12.4 Å². The van der Waals surface area contributed by atoms with Crippen molar-refractivity contribution in [3.63, 3.8) is 0 Å². The fraction of sp³-hybridized carbons (Fsp3) is 0.364. The average molecular weight is 285 g/mol. The van der Waals surface area contributed by atoms with Crippen LogP contribution in [0.1, 0.15) is 25.0 Å². The Morgan fingerprint density at radius 1 is 1.00 bits per heavy atom. The molecule has 1 aromatic rings. The molecule has 0 N–H and O–H groups in total. The zero-order valence-electron chi connectivity index (χ0n) is 9.86. The predicted octanol–water partition coefficient (Wildman–Crippen LogP) is 4.61. The van der Waals surface area contributed by atoms with Crippen LogP contribution in [0.5, 0.6) is 5.75 Å². The van der Waals surface area contributed by atoms with E-state index < -0.39 is 29.2 Å². The highest BCUT2D eigenvalue weighted by Crippen LogP contribution is 2.39. The summed E-state index contributed by atoms with van der Waals surface area (Å²) < 4.78 is 77.5. The van der Waals surface area contributed by atoms with Crippen LogP contribution < -0.4 is 4.74 Å². The van der Waals surface area contributed by atoms with E-state index in [-0.39, 0.29) is 18.2 Å². The largest absolute Gasteiger partial charge is 0.420 e. The minimum absolute atomic E-state index is 0.131. The van der Waals surface area contributed by atoms with Gasteiger partial charge in [0.25, 0.3) is 6.26 Å². The third-order valence-electron chi connectivity index (χ3n) is 1.77. The van der Waals surface area contributed by atoms with Gasteiger partial charge in [0.1, 0.15) is 0 Å². The minimum atomic E-state index is -4.89. The van der Waals surface area contributed by atoms with Crippen molar-refractivity contribution in [1.82, 2.24) is 0 Å². The molecule has 0 amide bonds. The van der Waals surface area contributed by atoms with Crippen molar-refractivity contribution >= 4 is 0 Å². The summed E-state index contributed by atoms with van der Waals surface area (Å²) in [6, 6.07) is 0.620. The maximum atomic E-state index is 12.3. The number of rotatable bonds is 1. The number of nitriles is 1. The number of halogens is 6. The van der Waals surface area contributed by atoms with Crippen LogP contribution in [0.15, 0.2) is 18.2 Å². The van der Waals surface area contributed by atoms with E-state index in [1.807, 2.05) is 13.8 Å². The first-order valence-electron chi connectivity index (χ1n) is 5.00. The fourth-order valence-corrected chi connectivity index (χ4v) is 1.07. The summed E-state index contributed by atoms with van der Waals surface area (Å²) in [4.78, 5) is 0.